The molecule has 2 N–H and O–H groups in total. The van der Waals surface area contributed by atoms with Gasteiger partial charge >= 0.3 is 5.97 Å². The van der Waals surface area contributed by atoms with E-state index in [1.807, 2.05) is 14.0 Å². The van der Waals surface area contributed by atoms with Crippen molar-refractivity contribution in [3.8, 4) is 0 Å². The Morgan fingerprint density at radius 2 is 1.95 bits per heavy atom. The van der Waals surface area contributed by atoms with Gasteiger partial charge in [-0.2, -0.15) is 0 Å². The summed E-state index contributed by atoms with van der Waals surface area (Å²) in [4.78, 5) is 25.5. The number of nitrogens with one attached hydrogen (secondary N) is 1. The Bertz CT molecular complexity index is 377. The zero-order valence-electron chi connectivity index (χ0n) is 12.5. The number of hydrogen-bond acceptors (Lipinski definition) is 3. The standard InChI is InChI=1S/C15H26N2O3/c1-11-12(14(19)20)6-9-17(11)13(18)10-15(16-2)7-4-3-5-8-15/h11-12,16H,3-10H2,1-2H3,(H,19,20). The zero-order valence-corrected chi connectivity index (χ0v) is 12.5. The maximum absolute atomic E-state index is 12.5. The molecule has 0 bridgehead atoms. The summed E-state index contributed by atoms with van der Waals surface area (Å²) in [7, 11) is 1.94. The van der Waals surface area contributed by atoms with Crippen LogP contribution in [0.2, 0.25) is 0 Å². The number of likely N-dealkylation sites (tertiary alicyclic amines) is 1. The molecule has 0 spiro atoms. The lowest BCUT2D eigenvalue weighted by Gasteiger charge is -2.38. The fourth-order valence-electron chi connectivity index (χ4n) is 3.76. The molecule has 2 fully saturated rings. The Kier molecular flexibility index (Phi) is 4.68. The lowest BCUT2D eigenvalue weighted by atomic mass is 9.79. The number of amides is 1. The molecule has 5 heteroatoms. The normalized spacial score (nSPS) is 29.4. The Labute approximate surface area is 120 Å². The van der Waals surface area contributed by atoms with E-state index in [0.717, 1.165) is 12.8 Å². The Hall–Kier alpha value is -1.10. The van der Waals surface area contributed by atoms with Crippen LogP contribution in [-0.4, -0.2) is 47.1 Å². The fourth-order valence-corrected chi connectivity index (χ4v) is 3.76. The van der Waals surface area contributed by atoms with Crippen molar-refractivity contribution in [3.05, 3.63) is 0 Å². The smallest absolute Gasteiger partial charge is 0.308 e. The van der Waals surface area contributed by atoms with Gasteiger partial charge in [0.2, 0.25) is 5.91 Å². The molecule has 20 heavy (non-hydrogen) atoms. The number of aliphatic carboxylic acids is 1. The van der Waals surface area contributed by atoms with E-state index in [-0.39, 0.29) is 17.5 Å². The molecule has 1 heterocycles. The minimum Gasteiger partial charge on any atom is -0.481 e. The maximum atomic E-state index is 12.5. The van der Waals surface area contributed by atoms with Gasteiger partial charge in [-0.05, 0) is 33.2 Å². The van der Waals surface area contributed by atoms with Gasteiger partial charge in [-0.25, -0.2) is 0 Å². The van der Waals surface area contributed by atoms with E-state index in [9.17, 15) is 9.59 Å². The van der Waals surface area contributed by atoms with E-state index in [0.29, 0.717) is 19.4 Å². The van der Waals surface area contributed by atoms with E-state index in [1.165, 1.54) is 19.3 Å². The first kappa shape index (κ1) is 15.3. The summed E-state index contributed by atoms with van der Waals surface area (Å²) < 4.78 is 0. The first-order valence-electron chi connectivity index (χ1n) is 7.70. The molecule has 2 unspecified atom stereocenters. The van der Waals surface area contributed by atoms with E-state index in [4.69, 9.17) is 5.11 Å². The fraction of sp³-hybridized carbons (Fsp3) is 0.867. The molecule has 5 nitrogen and oxygen atoms in total. The second kappa shape index (κ2) is 6.12. The predicted molar refractivity (Wildman–Crippen MR) is 76.4 cm³/mol. The second-order valence-electron chi connectivity index (χ2n) is 6.33. The van der Waals surface area contributed by atoms with Crippen LogP contribution < -0.4 is 5.32 Å². The van der Waals surface area contributed by atoms with Crippen molar-refractivity contribution < 1.29 is 14.7 Å². The van der Waals surface area contributed by atoms with E-state index in [2.05, 4.69) is 5.32 Å². The molecular weight excluding hydrogens is 256 g/mol. The summed E-state index contributed by atoms with van der Waals surface area (Å²) in [5.41, 5.74) is -0.0731. The van der Waals surface area contributed by atoms with Crippen molar-refractivity contribution >= 4 is 11.9 Å². The SMILES string of the molecule is CNC1(CC(=O)N2CCC(C(=O)O)C2C)CCCCC1. The van der Waals surface area contributed by atoms with E-state index < -0.39 is 11.9 Å². The summed E-state index contributed by atoms with van der Waals surface area (Å²) in [6.45, 7) is 2.44. The maximum Gasteiger partial charge on any atom is 0.308 e. The van der Waals surface area contributed by atoms with Crippen LogP contribution in [0.5, 0.6) is 0 Å². The molecule has 0 aromatic heterocycles. The molecular formula is C15H26N2O3. The third kappa shape index (κ3) is 2.97. The summed E-state index contributed by atoms with van der Waals surface area (Å²) in [6.07, 6.45) is 6.75. The lowest BCUT2D eigenvalue weighted by molar-refractivity contribution is -0.143. The largest absolute Gasteiger partial charge is 0.481 e. The molecule has 2 aliphatic rings. The predicted octanol–water partition coefficient (Wildman–Crippen LogP) is 1.62. The number of hydrogen-bond donors (Lipinski definition) is 2. The van der Waals surface area contributed by atoms with Crippen molar-refractivity contribution in [2.75, 3.05) is 13.6 Å². The van der Waals surface area contributed by atoms with E-state index >= 15 is 0 Å². The molecule has 0 radical (unpaired) electrons. The quantitative estimate of drug-likeness (QED) is 0.822. The number of carboxylic acids is 1. The summed E-state index contributed by atoms with van der Waals surface area (Å²) >= 11 is 0. The van der Waals surface area contributed by atoms with Gasteiger partial charge in [-0.1, -0.05) is 19.3 Å². The van der Waals surface area contributed by atoms with Crippen LogP contribution in [0.3, 0.4) is 0 Å². The molecule has 0 aromatic carbocycles. The van der Waals surface area contributed by atoms with Crippen LogP contribution in [-0.2, 0) is 9.59 Å². The highest BCUT2D eigenvalue weighted by Gasteiger charge is 2.41. The van der Waals surface area contributed by atoms with Crippen molar-refractivity contribution in [2.24, 2.45) is 5.92 Å². The molecule has 1 amide bonds. The van der Waals surface area contributed by atoms with Crippen LogP contribution in [0, 0.1) is 5.92 Å². The summed E-state index contributed by atoms with van der Waals surface area (Å²) in [5.74, 6) is -1.08. The van der Waals surface area contributed by atoms with E-state index in [1.54, 1.807) is 4.90 Å². The number of rotatable bonds is 4. The molecule has 1 saturated carbocycles. The Morgan fingerprint density at radius 1 is 1.30 bits per heavy atom. The van der Waals surface area contributed by atoms with Crippen molar-refractivity contribution in [3.63, 3.8) is 0 Å². The number of carbonyl (C=O) groups excluding carboxylic acids is 1. The van der Waals surface area contributed by atoms with Gasteiger partial charge in [0.25, 0.3) is 0 Å². The number of carbonyl (C=O) groups is 2. The summed E-state index contributed by atoms with van der Waals surface area (Å²) in [5, 5.41) is 12.5. The van der Waals surface area contributed by atoms with Crippen LogP contribution in [0.15, 0.2) is 0 Å². The van der Waals surface area contributed by atoms with Crippen LogP contribution in [0.4, 0.5) is 0 Å². The van der Waals surface area contributed by atoms with Gasteiger partial charge in [0.1, 0.15) is 0 Å². The van der Waals surface area contributed by atoms with Gasteiger partial charge in [0, 0.05) is 24.5 Å². The van der Waals surface area contributed by atoms with Crippen LogP contribution >= 0.6 is 0 Å². The van der Waals surface area contributed by atoms with Gasteiger partial charge < -0.3 is 15.3 Å². The lowest BCUT2D eigenvalue weighted by Crippen LogP contribution is -2.50. The van der Waals surface area contributed by atoms with Crippen LogP contribution in [0.25, 0.3) is 0 Å². The van der Waals surface area contributed by atoms with Crippen molar-refractivity contribution in [1.82, 2.24) is 10.2 Å². The van der Waals surface area contributed by atoms with Crippen molar-refractivity contribution in [1.29, 1.82) is 0 Å². The monoisotopic (exact) mass is 282 g/mol. The van der Waals surface area contributed by atoms with Crippen LogP contribution in [0.1, 0.15) is 51.9 Å². The highest BCUT2D eigenvalue weighted by atomic mass is 16.4. The molecule has 114 valence electrons. The molecule has 2 atom stereocenters. The van der Waals surface area contributed by atoms with Gasteiger partial charge in [0.05, 0.1) is 5.92 Å². The molecule has 1 aliphatic carbocycles. The second-order valence-corrected chi connectivity index (χ2v) is 6.33. The third-order valence-corrected chi connectivity index (χ3v) is 5.22. The zero-order chi connectivity index (χ0) is 14.8. The first-order chi connectivity index (χ1) is 9.49. The molecule has 1 aliphatic heterocycles. The molecule has 2 rings (SSSR count). The molecule has 1 saturated heterocycles. The van der Waals surface area contributed by atoms with Crippen molar-refractivity contribution in [2.45, 2.75) is 63.5 Å². The number of nitrogens with zero attached hydrogens (tertiary/aromatic N) is 1. The highest BCUT2D eigenvalue weighted by Crippen LogP contribution is 2.33. The topological polar surface area (TPSA) is 69.6 Å². The average molecular weight is 282 g/mol. The average Bonchev–Trinajstić information content (AvgIpc) is 2.82. The first-order valence-corrected chi connectivity index (χ1v) is 7.70. The Balaban J connectivity index is 1.99. The highest BCUT2D eigenvalue weighted by molar-refractivity contribution is 5.80. The Morgan fingerprint density at radius 3 is 2.45 bits per heavy atom. The summed E-state index contributed by atoms with van der Waals surface area (Å²) in [6, 6.07) is -0.183. The van der Waals surface area contributed by atoms with Gasteiger partial charge in [0.15, 0.2) is 0 Å². The molecule has 0 aromatic rings. The number of carboxylic acid groups (broad SMARTS) is 1. The minimum absolute atomic E-state index is 0.0731. The van der Waals surface area contributed by atoms with Gasteiger partial charge in [-0.3, -0.25) is 9.59 Å². The third-order valence-electron chi connectivity index (χ3n) is 5.22. The van der Waals surface area contributed by atoms with Gasteiger partial charge in [-0.15, -0.1) is 0 Å². The minimum atomic E-state index is -0.784.